The van der Waals surface area contributed by atoms with Crippen LogP contribution in [0.3, 0.4) is 0 Å². The molecule has 1 heterocycles. The van der Waals surface area contributed by atoms with E-state index in [-0.39, 0.29) is 24.4 Å². The third-order valence-electron chi connectivity index (χ3n) is 4.67. The van der Waals surface area contributed by atoms with Crippen molar-refractivity contribution < 1.29 is 14.3 Å². The van der Waals surface area contributed by atoms with E-state index < -0.39 is 0 Å². The summed E-state index contributed by atoms with van der Waals surface area (Å²) in [6.45, 7) is 3.58. The molecule has 0 aliphatic carbocycles. The molecule has 1 aliphatic heterocycles. The molecule has 24 heavy (non-hydrogen) atoms. The van der Waals surface area contributed by atoms with Gasteiger partial charge in [-0.3, -0.25) is 4.79 Å². The lowest BCUT2D eigenvalue weighted by Gasteiger charge is -2.38. The summed E-state index contributed by atoms with van der Waals surface area (Å²) in [6.07, 6.45) is 3.17. The third-order valence-corrected chi connectivity index (χ3v) is 4.67. The van der Waals surface area contributed by atoms with E-state index in [9.17, 15) is 4.79 Å². The van der Waals surface area contributed by atoms with Crippen LogP contribution in [0.25, 0.3) is 0 Å². The number of likely N-dealkylation sites (tertiary alicyclic amines) is 1. The Labute approximate surface area is 150 Å². The Morgan fingerprint density at radius 3 is 2.71 bits per heavy atom. The summed E-state index contributed by atoms with van der Waals surface area (Å²) in [5, 5.41) is 0. The first-order chi connectivity index (χ1) is 11.1. The minimum absolute atomic E-state index is 0. The molecule has 1 aromatic carbocycles. The highest BCUT2D eigenvalue weighted by Gasteiger charge is 2.28. The number of hydrogen-bond acceptors (Lipinski definition) is 4. The van der Waals surface area contributed by atoms with Gasteiger partial charge in [-0.25, -0.2) is 0 Å². The highest BCUT2D eigenvalue weighted by atomic mass is 35.5. The highest BCUT2D eigenvalue weighted by molar-refractivity contribution is 5.85. The molecule has 0 bridgehead atoms. The maximum absolute atomic E-state index is 12.6. The summed E-state index contributed by atoms with van der Waals surface area (Å²) in [5.41, 5.74) is 6.85. The van der Waals surface area contributed by atoms with Gasteiger partial charge >= 0.3 is 0 Å². The largest absolute Gasteiger partial charge is 0.497 e. The molecule has 1 aromatic rings. The SMILES string of the molecule is COc1ccc(OC)c(CCC(=O)N2CCC(C)CC2CN)c1.Cl. The van der Waals surface area contributed by atoms with Crippen LogP contribution in [0, 0.1) is 5.92 Å². The maximum atomic E-state index is 12.6. The van der Waals surface area contributed by atoms with Gasteiger partial charge in [-0.2, -0.15) is 0 Å². The van der Waals surface area contributed by atoms with Gasteiger partial charge in [0.2, 0.25) is 5.91 Å². The fourth-order valence-electron chi connectivity index (χ4n) is 3.27. The molecule has 1 fully saturated rings. The van der Waals surface area contributed by atoms with Gasteiger partial charge in [-0.1, -0.05) is 6.92 Å². The second kappa shape index (κ2) is 9.74. The van der Waals surface area contributed by atoms with Crippen molar-refractivity contribution in [3.63, 3.8) is 0 Å². The number of halogens is 1. The maximum Gasteiger partial charge on any atom is 0.223 e. The number of nitrogens with zero attached hydrogens (tertiary/aromatic N) is 1. The van der Waals surface area contributed by atoms with Gasteiger partial charge in [-0.05, 0) is 48.9 Å². The van der Waals surface area contributed by atoms with Crippen LogP contribution in [0.4, 0.5) is 0 Å². The number of hydrogen-bond donors (Lipinski definition) is 1. The molecule has 1 amide bonds. The van der Waals surface area contributed by atoms with Gasteiger partial charge in [-0.15, -0.1) is 12.4 Å². The highest BCUT2D eigenvalue weighted by Crippen LogP contribution is 2.27. The van der Waals surface area contributed by atoms with Gasteiger partial charge in [0.05, 0.1) is 14.2 Å². The molecule has 1 saturated heterocycles. The molecule has 5 nitrogen and oxygen atoms in total. The van der Waals surface area contributed by atoms with Crippen molar-refractivity contribution in [2.45, 2.75) is 38.6 Å². The van der Waals surface area contributed by atoms with E-state index in [2.05, 4.69) is 6.92 Å². The molecule has 0 radical (unpaired) electrons. The second-order valence-electron chi connectivity index (χ2n) is 6.28. The van der Waals surface area contributed by atoms with Crippen molar-refractivity contribution >= 4 is 18.3 Å². The number of rotatable bonds is 6. The molecule has 2 atom stereocenters. The number of aryl methyl sites for hydroxylation is 1. The Kier molecular flexibility index (Phi) is 8.36. The van der Waals surface area contributed by atoms with Crippen LogP contribution < -0.4 is 15.2 Å². The summed E-state index contributed by atoms with van der Waals surface area (Å²) in [7, 11) is 3.28. The van der Waals surface area contributed by atoms with Gasteiger partial charge < -0.3 is 20.1 Å². The Morgan fingerprint density at radius 1 is 1.33 bits per heavy atom. The van der Waals surface area contributed by atoms with E-state index in [1.165, 1.54) is 0 Å². The molecule has 0 spiro atoms. The smallest absolute Gasteiger partial charge is 0.223 e. The van der Waals surface area contributed by atoms with Crippen molar-refractivity contribution in [2.75, 3.05) is 27.3 Å². The topological polar surface area (TPSA) is 64.8 Å². The Hall–Kier alpha value is -1.46. The van der Waals surface area contributed by atoms with Crippen LogP contribution in [0.15, 0.2) is 18.2 Å². The zero-order valence-corrected chi connectivity index (χ0v) is 15.6. The molecule has 2 unspecified atom stereocenters. The lowest BCUT2D eigenvalue weighted by atomic mass is 9.92. The molecule has 136 valence electrons. The summed E-state index contributed by atoms with van der Waals surface area (Å²) >= 11 is 0. The summed E-state index contributed by atoms with van der Waals surface area (Å²) < 4.78 is 10.6. The Bertz CT molecular complexity index is 539. The number of benzene rings is 1. The van der Waals surface area contributed by atoms with Crippen LogP contribution >= 0.6 is 12.4 Å². The zero-order chi connectivity index (χ0) is 16.8. The van der Waals surface area contributed by atoms with Crippen LogP contribution in [-0.4, -0.2) is 44.2 Å². The van der Waals surface area contributed by atoms with Gasteiger partial charge in [0, 0.05) is 25.6 Å². The van der Waals surface area contributed by atoms with Crippen molar-refractivity contribution in [2.24, 2.45) is 11.7 Å². The van der Waals surface area contributed by atoms with Crippen LogP contribution in [0.5, 0.6) is 11.5 Å². The van der Waals surface area contributed by atoms with E-state index in [1.54, 1.807) is 14.2 Å². The van der Waals surface area contributed by atoms with Crippen molar-refractivity contribution in [3.05, 3.63) is 23.8 Å². The molecule has 0 aromatic heterocycles. The van der Waals surface area contributed by atoms with Gasteiger partial charge in [0.25, 0.3) is 0 Å². The average molecular weight is 357 g/mol. The molecule has 2 rings (SSSR count). The fraction of sp³-hybridized carbons (Fsp3) is 0.611. The predicted octanol–water partition coefficient (Wildman–Crippen LogP) is 2.64. The monoisotopic (exact) mass is 356 g/mol. The predicted molar refractivity (Wildman–Crippen MR) is 98.1 cm³/mol. The number of methoxy groups -OCH3 is 2. The number of carbonyl (C=O) groups excluding carboxylic acids is 1. The van der Waals surface area contributed by atoms with Gasteiger partial charge in [0.1, 0.15) is 11.5 Å². The van der Waals surface area contributed by atoms with E-state index in [0.717, 1.165) is 36.4 Å². The Morgan fingerprint density at radius 2 is 2.08 bits per heavy atom. The molecule has 0 saturated carbocycles. The summed E-state index contributed by atoms with van der Waals surface area (Å²) in [4.78, 5) is 14.6. The lowest BCUT2D eigenvalue weighted by molar-refractivity contribution is -0.135. The van der Waals surface area contributed by atoms with Crippen LogP contribution in [0.2, 0.25) is 0 Å². The number of carbonyl (C=O) groups is 1. The van der Waals surface area contributed by atoms with Crippen LogP contribution in [-0.2, 0) is 11.2 Å². The van der Waals surface area contributed by atoms with E-state index in [4.69, 9.17) is 15.2 Å². The first kappa shape index (κ1) is 20.6. The third kappa shape index (κ3) is 5.02. The average Bonchev–Trinajstić information content (AvgIpc) is 2.59. The molecular formula is C18H29ClN2O3. The normalized spacial score (nSPS) is 20.2. The lowest BCUT2D eigenvalue weighted by Crippen LogP contribution is -2.49. The van der Waals surface area contributed by atoms with Crippen molar-refractivity contribution in [3.8, 4) is 11.5 Å². The number of nitrogens with two attached hydrogens (primary N) is 1. The molecular weight excluding hydrogens is 328 g/mol. The van der Waals surface area contributed by atoms with Crippen molar-refractivity contribution in [1.82, 2.24) is 4.90 Å². The summed E-state index contributed by atoms with van der Waals surface area (Å²) in [6, 6.07) is 5.86. The Balaban J connectivity index is 0.00000288. The standard InChI is InChI=1S/C18H28N2O3.ClH/c1-13-8-9-20(15(10-13)12-19)18(21)7-4-14-11-16(22-2)5-6-17(14)23-3;/h5-6,11,13,15H,4,7-10,12,19H2,1-3H3;1H. The van der Waals surface area contributed by atoms with Crippen molar-refractivity contribution in [1.29, 1.82) is 0 Å². The quantitative estimate of drug-likeness (QED) is 0.851. The minimum Gasteiger partial charge on any atom is -0.497 e. The number of piperidine rings is 1. The minimum atomic E-state index is 0. The number of ether oxygens (including phenoxy) is 2. The van der Waals surface area contributed by atoms with Crippen LogP contribution in [0.1, 0.15) is 31.7 Å². The fourth-order valence-corrected chi connectivity index (χ4v) is 3.27. The zero-order valence-electron chi connectivity index (χ0n) is 14.8. The first-order valence-corrected chi connectivity index (χ1v) is 8.29. The summed E-state index contributed by atoms with van der Waals surface area (Å²) in [5.74, 6) is 2.39. The van der Waals surface area contributed by atoms with Gasteiger partial charge in [0.15, 0.2) is 0 Å². The molecule has 6 heteroatoms. The van der Waals surface area contributed by atoms with E-state index in [0.29, 0.717) is 25.3 Å². The van der Waals surface area contributed by atoms with E-state index >= 15 is 0 Å². The number of amides is 1. The first-order valence-electron chi connectivity index (χ1n) is 8.29. The second-order valence-corrected chi connectivity index (χ2v) is 6.28. The van der Waals surface area contributed by atoms with E-state index in [1.807, 2.05) is 23.1 Å². The molecule has 1 aliphatic rings. The molecule has 2 N–H and O–H groups in total.